The largest absolute Gasteiger partial charge is 0.487 e. The Morgan fingerprint density at radius 2 is 1.95 bits per heavy atom. The lowest BCUT2D eigenvalue weighted by Crippen LogP contribution is -2.60. The van der Waals surface area contributed by atoms with Gasteiger partial charge in [-0.2, -0.15) is 0 Å². The smallest absolute Gasteiger partial charge is 0.320 e. The Morgan fingerprint density at radius 3 is 2.57 bits per heavy atom. The number of hydrogen-bond donors (Lipinski definition) is 0. The predicted octanol–water partition coefficient (Wildman–Crippen LogP) is 1.51. The summed E-state index contributed by atoms with van der Waals surface area (Å²) in [5.74, 6) is 0.875. The van der Waals surface area contributed by atoms with E-state index in [1.165, 1.54) is 0 Å². The van der Waals surface area contributed by atoms with Crippen LogP contribution < -0.4 is 4.74 Å². The number of amides is 2. The summed E-state index contributed by atoms with van der Waals surface area (Å²) in [4.78, 5) is 18.4. The van der Waals surface area contributed by atoms with E-state index in [2.05, 4.69) is 11.9 Å². The molecule has 0 aliphatic carbocycles. The van der Waals surface area contributed by atoms with Crippen LogP contribution >= 0.6 is 0 Å². The van der Waals surface area contributed by atoms with Crippen molar-refractivity contribution in [3.8, 4) is 5.75 Å². The molecular formula is C16H23N3O2. The second-order valence-electron chi connectivity index (χ2n) is 6.06. The van der Waals surface area contributed by atoms with Gasteiger partial charge in [0.25, 0.3) is 0 Å². The number of ether oxygens (including phenoxy) is 1. The molecular weight excluding hydrogens is 266 g/mol. The van der Waals surface area contributed by atoms with Crippen molar-refractivity contribution in [3.63, 3.8) is 0 Å². The van der Waals surface area contributed by atoms with Crippen molar-refractivity contribution in [1.29, 1.82) is 0 Å². The third-order valence-corrected chi connectivity index (χ3v) is 4.38. The molecule has 5 heteroatoms. The van der Waals surface area contributed by atoms with Gasteiger partial charge >= 0.3 is 6.03 Å². The number of hydrogen-bond acceptors (Lipinski definition) is 3. The van der Waals surface area contributed by atoms with Crippen LogP contribution in [0.3, 0.4) is 0 Å². The van der Waals surface area contributed by atoms with E-state index >= 15 is 0 Å². The number of likely N-dealkylation sites (tertiary alicyclic amines) is 2. The average Bonchev–Trinajstić information content (AvgIpc) is 2.88. The minimum absolute atomic E-state index is 0.121. The molecule has 5 nitrogen and oxygen atoms in total. The second kappa shape index (κ2) is 5.93. The maximum atomic E-state index is 12.4. The van der Waals surface area contributed by atoms with Crippen LogP contribution in [0.1, 0.15) is 6.42 Å². The highest BCUT2D eigenvalue weighted by Crippen LogP contribution is 2.20. The normalized spacial score (nSPS) is 23.0. The van der Waals surface area contributed by atoms with Crippen molar-refractivity contribution in [2.24, 2.45) is 0 Å². The molecule has 1 atom stereocenters. The van der Waals surface area contributed by atoms with Gasteiger partial charge in [-0.15, -0.1) is 0 Å². The number of rotatable bonds is 3. The Labute approximate surface area is 126 Å². The highest BCUT2D eigenvalue weighted by Gasteiger charge is 2.36. The molecule has 2 heterocycles. The number of urea groups is 1. The van der Waals surface area contributed by atoms with Crippen LogP contribution in [0.15, 0.2) is 30.3 Å². The first-order valence-electron chi connectivity index (χ1n) is 7.55. The van der Waals surface area contributed by atoms with Gasteiger partial charge in [-0.05, 0) is 32.1 Å². The molecule has 2 fully saturated rings. The Hall–Kier alpha value is -1.75. The highest BCUT2D eigenvalue weighted by atomic mass is 16.5. The first-order chi connectivity index (χ1) is 10.1. The lowest BCUT2D eigenvalue weighted by Gasteiger charge is -2.42. The Bertz CT molecular complexity index is 488. The van der Waals surface area contributed by atoms with Gasteiger partial charge in [-0.25, -0.2) is 4.79 Å². The van der Waals surface area contributed by atoms with Gasteiger partial charge < -0.3 is 19.4 Å². The molecule has 1 aromatic rings. The van der Waals surface area contributed by atoms with E-state index in [9.17, 15) is 4.79 Å². The number of para-hydroxylation sites is 1. The van der Waals surface area contributed by atoms with Crippen LogP contribution in [-0.2, 0) is 0 Å². The summed E-state index contributed by atoms with van der Waals surface area (Å²) < 4.78 is 5.83. The van der Waals surface area contributed by atoms with Crippen molar-refractivity contribution in [2.75, 3.05) is 40.3 Å². The number of likely N-dealkylation sites (N-methyl/N-ethyl adjacent to an activating group) is 2. The summed E-state index contributed by atoms with van der Waals surface area (Å²) in [6.07, 6.45) is 1.19. The molecule has 0 N–H and O–H groups in total. The summed E-state index contributed by atoms with van der Waals surface area (Å²) in [6, 6.07) is 10.3. The van der Waals surface area contributed by atoms with Crippen molar-refractivity contribution in [2.45, 2.75) is 18.6 Å². The summed E-state index contributed by atoms with van der Waals surface area (Å²) in [7, 11) is 4.02. The van der Waals surface area contributed by atoms with Crippen molar-refractivity contribution >= 4 is 6.03 Å². The molecule has 0 radical (unpaired) electrons. The fourth-order valence-electron chi connectivity index (χ4n) is 2.97. The number of benzene rings is 1. The summed E-state index contributed by atoms with van der Waals surface area (Å²) in [5.41, 5.74) is 0. The summed E-state index contributed by atoms with van der Waals surface area (Å²) in [6.45, 7) is 3.41. The van der Waals surface area contributed by atoms with Crippen LogP contribution in [0, 0.1) is 0 Å². The van der Waals surface area contributed by atoms with E-state index < -0.39 is 0 Å². The molecule has 1 unspecified atom stereocenters. The maximum Gasteiger partial charge on any atom is 0.320 e. The monoisotopic (exact) mass is 289 g/mol. The molecule has 0 saturated carbocycles. The molecule has 3 rings (SSSR count). The van der Waals surface area contributed by atoms with Gasteiger partial charge in [0, 0.05) is 19.6 Å². The Kier molecular flexibility index (Phi) is 4.01. The van der Waals surface area contributed by atoms with Crippen LogP contribution in [-0.4, -0.2) is 73.2 Å². The van der Waals surface area contributed by atoms with E-state index in [1.54, 1.807) is 0 Å². The third kappa shape index (κ3) is 3.13. The molecule has 0 aromatic heterocycles. The lowest BCUT2D eigenvalue weighted by atomic mass is 10.1. The zero-order valence-corrected chi connectivity index (χ0v) is 12.7. The number of nitrogens with zero attached hydrogens (tertiary/aromatic N) is 3. The van der Waals surface area contributed by atoms with E-state index in [0.29, 0.717) is 19.1 Å². The Balaban J connectivity index is 1.46. The van der Waals surface area contributed by atoms with E-state index in [0.717, 1.165) is 25.3 Å². The van der Waals surface area contributed by atoms with Gasteiger partial charge in [-0.3, -0.25) is 0 Å². The third-order valence-electron chi connectivity index (χ3n) is 4.38. The second-order valence-corrected chi connectivity index (χ2v) is 6.06. The molecule has 21 heavy (non-hydrogen) atoms. The summed E-state index contributed by atoms with van der Waals surface area (Å²) >= 11 is 0. The zero-order chi connectivity index (χ0) is 14.8. The van der Waals surface area contributed by atoms with Gasteiger partial charge in [-0.1, -0.05) is 18.2 Å². The standard InChI is InChI=1S/C16H23N3O2/c1-17-9-8-13(10-17)18(2)16(20)19-11-15(12-19)21-14-6-4-3-5-7-14/h3-7,13,15H,8-12H2,1-2H3. The van der Waals surface area contributed by atoms with Gasteiger partial charge in [0.2, 0.25) is 0 Å². The van der Waals surface area contributed by atoms with E-state index in [-0.39, 0.29) is 12.1 Å². The zero-order valence-electron chi connectivity index (χ0n) is 12.7. The van der Waals surface area contributed by atoms with Crippen molar-refractivity contribution < 1.29 is 9.53 Å². The van der Waals surface area contributed by atoms with Gasteiger partial charge in [0.15, 0.2) is 0 Å². The highest BCUT2D eigenvalue weighted by molar-refractivity contribution is 5.75. The predicted molar refractivity (Wildman–Crippen MR) is 81.5 cm³/mol. The lowest BCUT2D eigenvalue weighted by molar-refractivity contribution is 0.0297. The molecule has 0 spiro atoms. The van der Waals surface area contributed by atoms with Crippen LogP contribution in [0.25, 0.3) is 0 Å². The molecule has 114 valence electrons. The molecule has 2 aliphatic rings. The van der Waals surface area contributed by atoms with Crippen molar-refractivity contribution in [3.05, 3.63) is 30.3 Å². The number of carbonyl (C=O) groups is 1. The number of carbonyl (C=O) groups excluding carboxylic acids is 1. The van der Waals surface area contributed by atoms with Crippen molar-refractivity contribution in [1.82, 2.24) is 14.7 Å². The first-order valence-corrected chi connectivity index (χ1v) is 7.55. The molecule has 1 aromatic carbocycles. The fraction of sp³-hybridized carbons (Fsp3) is 0.562. The molecule has 2 aliphatic heterocycles. The average molecular weight is 289 g/mol. The summed E-state index contributed by atoms with van der Waals surface area (Å²) in [5, 5.41) is 0. The van der Waals surface area contributed by atoms with Crippen LogP contribution in [0.5, 0.6) is 5.75 Å². The molecule has 2 saturated heterocycles. The van der Waals surface area contributed by atoms with Gasteiger partial charge in [0.1, 0.15) is 11.9 Å². The first kappa shape index (κ1) is 14.2. The van der Waals surface area contributed by atoms with E-state index in [1.807, 2.05) is 47.2 Å². The van der Waals surface area contributed by atoms with Crippen LogP contribution in [0.4, 0.5) is 4.79 Å². The van der Waals surface area contributed by atoms with Crippen LogP contribution in [0.2, 0.25) is 0 Å². The SMILES string of the molecule is CN1CCC(N(C)C(=O)N2CC(Oc3ccccc3)C2)C1. The maximum absolute atomic E-state index is 12.4. The Morgan fingerprint density at radius 1 is 1.24 bits per heavy atom. The quantitative estimate of drug-likeness (QED) is 0.846. The van der Waals surface area contributed by atoms with Gasteiger partial charge in [0.05, 0.1) is 13.1 Å². The topological polar surface area (TPSA) is 36.0 Å². The minimum atomic E-state index is 0.121. The molecule has 0 bridgehead atoms. The fourth-order valence-corrected chi connectivity index (χ4v) is 2.97. The molecule has 2 amide bonds. The minimum Gasteiger partial charge on any atom is -0.487 e. The van der Waals surface area contributed by atoms with E-state index in [4.69, 9.17) is 4.74 Å².